The molecule has 3 heteroatoms. The molecule has 0 unspecified atom stereocenters. The van der Waals surface area contributed by atoms with Crippen molar-refractivity contribution in [1.82, 2.24) is 0 Å². The predicted octanol–water partition coefficient (Wildman–Crippen LogP) is 4.65. The number of rotatable bonds is 6. The molecule has 2 nitrogen and oxygen atoms in total. The van der Waals surface area contributed by atoms with Gasteiger partial charge in [0.15, 0.2) is 0 Å². The second kappa shape index (κ2) is 8.67. The average Bonchev–Trinajstić information content (AvgIpc) is 2.35. The first-order chi connectivity index (χ1) is 8.49. The molecule has 0 rings (SSSR count). The summed E-state index contributed by atoms with van der Waals surface area (Å²) >= 11 is 0. The van der Waals surface area contributed by atoms with E-state index < -0.39 is 0 Å². The molecule has 0 saturated heterocycles. The summed E-state index contributed by atoms with van der Waals surface area (Å²) in [5, 5.41) is 0. The van der Waals surface area contributed by atoms with Crippen molar-refractivity contribution < 1.29 is 4.39 Å². The fourth-order valence-electron chi connectivity index (χ4n) is 1.53. The van der Waals surface area contributed by atoms with Crippen LogP contribution in [0, 0.1) is 0 Å². The fourth-order valence-corrected chi connectivity index (χ4v) is 1.53. The number of hydrogen-bond acceptors (Lipinski definition) is 2. The van der Waals surface area contributed by atoms with Gasteiger partial charge in [-0.25, -0.2) is 4.39 Å². The van der Waals surface area contributed by atoms with Crippen molar-refractivity contribution in [2.24, 2.45) is 10.7 Å². The van der Waals surface area contributed by atoms with Crippen molar-refractivity contribution in [1.29, 1.82) is 0 Å². The molecule has 0 aromatic carbocycles. The van der Waals surface area contributed by atoms with Crippen LogP contribution in [0.25, 0.3) is 0 Å². The summed E-state index contributed by atoms with van der Waals surface area (Å²) in [5.74, 6) is -0.273. The summed E-state index contributed by atoms with van der Waals surface area (Å²) in [6, 6.07) is 0. The van der Waals surface area contributed by atoms with E-state index in [-0.39, 0.29) is 5.83 Å². The number of nitrogens with two attached hydrogens (primary N) is 1. The monoisotopic (exact) mass is 252 g/mol. The largest absolute Gasteiger partial charge is 0.398 e. The molecular weight excluding hydrogens is 227 g/mol. The first-order valence-corrected chi connectivity index (χ1v) is 6.50. The first-order valence-electron chi connectivity index (χ1n) is 6.50. The number of nitrogens with zero attached hydrogens (tertiary/aromatic N) is 1. The second-order valence-electron chi connectivity index (χ2n) is 4.24. The Kier molecular flexibility index (Phi) is 8.01. The van der Waals surface area contributed by atoms with Crippen molar-refractivity contribution >= 4 is 6.21 Å². The zero-order valence-electron chi connectivity index (χ0n) is 12.2. The van der Waals surface area contributed by atoms with Gasteiger partial charge in [0.25, 0.3) is 0 Å². The van der Waals surface area contributed by atoms with Crippen LogP contribution in [0.15, 0.2) is 39.4 Å². The standard InChI is InChI=1S/C15H25FN2/c1-6-9-10-13(16)14(12(5)18-8-3)15(17)11(4)7-2/h8,10H,6-7,9,17H2,1-5H3/b13-10+,14-12-,15-11-,18-8?. The van der Waals surface area contributed by atoms with E-state index in [9.17, 15) is 4.39 Å². The SMILES string of the molecule is CC=N/C(C)=C(C(\N)=C(/C)CC)/C(F)=C\CCC. The van der Waals surface area contributed by atoms with E-state index in [4.69, 9.17) is 5.73 Å². The molecule has 0 amide bonds. The van der Waals surface area contributed by atoms with Crippen LogP contribution in [-0.4, -0.2) is 6.21 Å². The highest BCUT2D eigenvalue weighted by Crippen LogP contribution is 2.25. The lowest BCUT2D eigenvalue weighted by Gasteiger charge is -2.11. The molecule has 0 saturated carbocycles. The second-order valence-corrected chi connectivity index (χ2v) is 4.24. The van der Waals surface area contributed by atoms with Crippen LogP contribution in [0.3, 0.4) is 0 Å². The van der Waals surface area contributed by atoms with Crippen molar-refractivity contribution in [3.63, 3.8) is 0 Å². The number of hydrogen-bond donors (Lipinski definition) is 1. The Labute approximate surface area is 110 Å². The van der Waals surface area contributed by atoms with Crippen LogP contribution < -0.4 is 5.73 Å². The minimum Gasteiger partial charge on any atom is -0.398 e. The van der Waals surface area contributed by atoms with Crippen LogP contribution in [0.2, 0.25) is 0 Å². The van der Waals surface area contributed by atoms with Crippen LogP contribution in [0.1, 0.15) is 53.9 Å². The number of allylic oxidation sites excluding steroid dienone is 4. The van der Waals surface area contributed by atoms with Crippen molar-refractivity contribution in [2.45, 2.75) is 53.9 Å². The van der Waals surface area contributed by atoms with E-state index in [0.29, 0.717) is 23.4 Å². The maximum Gasteiger partial charge on any atom is 0.130 e. The van der Waals surface area contributed by atoms with Gasteiger partial charge in [0.2, 0.25) is 0 Å². The highest BCUT2D eigenvalue weighted by molar-refractivity contribution is 5.57. The topological polar surface area (TPSA) is 38.4 Å². The van der Waals surface area contributed by atoms with Gasteiger partial charge in [0, 0.05) is 17.6 Å². The molecule has 0 aromatic rings. The van der Waals surface area contributed by atoms with Gasteiger partial charge in [0.05, 0.1) is 5.57 Å². The minimum absolute atomic E-state index is 0.273. The number of unbranched alkanes of at least 4 members (excludes halogenated alkanes) is 1. The van der Waals surface area contributed by atoms with Gasteiger partial charge in [0.1, 0.15) is 5.83 Å². The predicted molar refractivity (Wildman–Crippen MR) is 78.1 cm³/mol. The Morgan fingerprint density at radius 2 is 1.89 bits per heavy atom. The molecule has 0 aliphatic rings. The summed E-state index contributed by atoms with van der Waals surface area (Å²) in [4.78, 5) is 4.15. The third-order valence-corrected chi connectivity index (χ3v) is 2.80. The molecule has 0 heterocycles. The van der Waals surface area contributed by atoms with Crippen LogP contribution in [-0.2, 0) is 0 Å². The summed E-state index contributed by atoms with van der Waals surface area (Å²) in [5.41, 5.74) is 8.58. The molecule has 0 atom stereocenters. The Morgan fingerprint density at radius 3 is 2.33 bits per heavy atom. The molecule has 102 valence electrons. The van der Waals surface area contributed by atoms with Crippen molar-refractivity contribution in [2.75, 3.05) is 0 Å². The maximum absolute atomic E-state index is 14.2. The lowest BCUT2D eigenvalue weighted by atomic mass is 10.0. The molecule has 0 radical (unpaired) electrons. The molecule has 0 aliphatic heterocycles. The summed E-state index contributed by atoms with van der Waals surface area (Å²) in [6.07, 6.45) is 5.65. The third-order valence-electron chi connectivity index (χ3n) is 2.80. The van der Waals surface area contributed by atoms with Gasteiger partial charge in [-0.2, -0.15) is 0 Å². The first kappa shape index (κ1) is 16.6. The maximum atomic E-state index is 14.2. The average molecular weight is 252 g/mol. The van der Waals surface area contributed by atoms with Gasteiger partial charge in [-0.15, -0.1) is 0 Å². The van der Waals surface area contributed by atoms with E-state index in [1.807, 2.05) is 20.8 Å². The van der Waals surface area contributed by atoms with Crippen molar-refractivity contribution in [3.05, 3.63) is 34.4 Å². The van der Waals surface area contributed by atoms with Crippen LogP contribution >= 0.6 is 0 Å². The Morgan fingerprint density at radius 1 is 1.28 bits per heavy atom. The molecule has 0 fully saturated rings. The van der Waals surface area contributed by atoms with E-state index in [1.54, 1.807) is 26.1 Å². The van der Waals surface area contributed by atoms with Crippen LogP contribution in [0.4, 0.5) is 4.39 Å². The minimum atomic E-state index is -0.273. The summed E-state index contributed by atoms with van der Waals surface area (Å²) in [7, 11) is 0. The third kappa shape index (κ3) is 4.86. The van der Waals surface area contributed by atoms with Gasteiger partial charge < -0.3 is 5.73 Å². The Hall–Kier alpha value is -1.38. The summed E-state index contributed by atoms with van der Waals surface area (Å²) in [6.45, 7) is 9.53. The zero-order chi connectivity index (χ0) is 14.1. The highest BCUT2D eigenvalue weighted by atomic mass is 19.1. The molecule has 0 bridgehead atoms. The molecule has 0 aliphatic carbocycles. The van der Waals surface area contributed by atoms with Gasteiger partial charge in [-0.1, -0.05) is 20.3 Å². The molecule has 18 heavy (non-hydrogen) atoms. The van der Waals surface area contributed by atoms with E-state index in [2.05, 4.69) is 4.99 Å². The lowest BCUT2D eigenvalue weighted by molar-refractivity contribution is 0.640. The number of halogens is 1. The lowest BCUT2D eigenvalue weighted by Crippen LogP contribution is -2.07. The van der Waals surface area contributed by atoms with Gasteiger partial charge in [-0.3, -0.25) is 4.99 Å². The Bertz CT molecular complexity index is 387. The smallest absolute Gasteiger partial charge is 0.130 e. The zero-order valence-corrected chi connectivity index (χ0v) is 12.2. The normalized spacial score (nSPS) is 15.8. The molecule has 2 N–H and O–H groups in total. The Balaban J connectivity index is 5.68. The number of aliphatic imine (C=N–C) groups is 1. The van der Waals surface area contributed by atoms with Gasteiger partial charge >= 0.3 is 0 Å². The molecule has 0 aromatic heterocycles. The van der Waals surface area contributed by atoms with E-state index in [1.165, 1.54) is 0 Å². The fraction of sp³-hybridized carbons (Fsp3) is 0.533. The van der Waals surface area contributed by atoms with Crippen LogP contribution in [0.5, 0.6) is 0 Å². The highest BCUT2D eigenvalue weighted by Gasteiger charge is 2.13. The van der Waals surface area contributed by atoms with Gasteiger partial charge in [-0.05, 0) is 45.3 Å². The summed E-state index contributed by atoms with van der Waals surface area (Å²) < 4.78 is 14.2. The van der Waals surface area contributed by atoms with E-state index in [0.717, 1.165) is 18.4 Å². The molecular formula is C15H25FN2. The molecule has 0 spiro atoms. The van der Waals surface area contributed by atoms with E-state index >= 15 is 0 Å². The van der Waals surface area contributed by atoms with Crippen molar-refractivity contribution in [3.8, 4) is 0 Å². The quantitative estimate of drug-likeness (QED) is 0.542.